The van der Waals surface area contributed by atoms with Crippen LogP contribution >= 0.6 is 0 Å². The molecule has 0 saturated carbocycles. The van der Waals surface area contributed by atoms with E-state index in [4.69, 9.17) is 4.74 Å². The molecule has 1 unspecified atom stereocenters. The highest BCUT2D eigenvalue weighted by atomic mass is 19.4. The fourth-order valence-corrected chi connectivity index (χ4v) is 3.00. The maximum atomic E-state index is 13.1. The predicted molar refractivity (Wildman–Crippen MR) is 88.1 cm³/mol. The van der Waals surface area contributed by atoms with Gasteiger partial charge in [0.1, 0.15) is 5.41 Å². The number of carbonyl (C=O) groups is 1. The lowest BCUT2D eigenvalue weighted by atomic mass is 9.76. The van der Waals surface area contributed by atoms with Crippen LogP contribution in [0.1, 0.15) is 30.5 Å². The Morgan fingerprint density at radius 1 is 1.16 bits per heavy atom. The van der Waals surface area contributed by atoms with E-state index in [-0.39, 0.29) is 12.2 Å². The second-order valence-corrected chi connectivity index (χ2v) is 5.90. The topological polar surface area (TPSA) is 38.7 Å². The first kappa shape index (κ1) is 17.2. The monoisotopic (exact) mass is 347 g/mol. The van der Waals surface area contributed by atoms with Gasteiger partial charge < -0.3 is 4.74 Å². The van der Waals surface area contributed by atoms with Crippen LogP contribution in [0.15, 0.2) is 53.5 Å². The molecule has 0 N–H and O–H groups in total. The molecular weight excluding hydrogens is 331 g/mol. The molecule has 3 nitrogen and oxygen atoms in total. The molecule has 0 radical (unpaired) electrons. The summed E-state index contributed by atoms with van der Waals surface area (Å²) < 4.78 is 44.5. The Balaban J connectivity index is 2.20. The molecule has 1 heterocycles. The summed E-state index contributed by atoms with van der Waals surface area (Å²) in [5.41, 5.74) is -0.592. The minimum absolute atomic E-state index is 0.130. The molecule has 0 fully saturated rings. The van der Waals surface area contributed by atoms with Crippen molar-refractivity contribution < 1.29 is 22.7 Å². The Bertz CT molecular complexity index is 843. The number of rotatable bonds is 3. The van der Waals surface area contributed by atoms with Crippen LogP contribution in [0.25, 0.3) is 0 Å². The smallest absolute Gasteiger partial charge is 0.416 e. The molecule has 2 aromatic rings. The minimum Gasteiger partial charge on any atom is -0.465 e. The molecule has 1 aliphatic rings. The highest BCUT2D eigenvalue weighted by molar-refractivity contribution is 6.23. The van der Waals surface area contributed by atoms with Gasteiger partial charge in [0.05, 0.1) is 23.6 Å². The first-order valence-corrected chi connectivity index (χ1v) is 7.82. The van der Waals surface area contributed by atoms with Gasteiger partial charge in [-0.15, -0.1) is 0 Å². The minimum atomic E-state index is -4.50. The molecule has 1 atom stereocenters. The van der Waals surface area contributed by atoms with Gasteiger partial charge in [-0.05, 0) is 37.6 Å². The number of halogens is 3. The van der Waals surface area contributed by atoms with Crippen LogP contribution in [0.2, 0.25) is 0 Å². The van der Waals surface area contributed by atoms with Gasteiger partial charge in [-0.2, -0.15) is 13.2 Å². The highest BCUT2D eigenvalue weighted by Gasteiger charge is 2.48. The fraction of sp³-hybridized carbons (Fsp3) is 0.263. The van der Waals surface area contributed by atoms with Gasteiger partial charge in [-0.25, -0.2) is 0 Å². The number of alkyl halides is 3. The van der Waals surface area contributed by atoms with E-state index < -0.39 is 23.1 Å². The van der Waals surface area contributed by atoms with E-state index in [1.807, 2.05) is 6.07 Å². The number of ether oxygens (including phenoxy) is 1. The normalized spacial score (nSPS) is 19.3. The van der Waals surface area contributed by atoms with Crippen molar-refractivity contribution in [1.29, 1.82) is 0 Å². The van der Waals surface area contributed by atoms with Crippen molar-refractivity contribution in [3.63, 3.8) is 0 Å². The Labute approximate surface area is 143 Å². The number of benzene rings is 2. The maximum absolute atomic E-state index is 13.1. The molecule has 6 heteroatoms. The van der Waals surface area contributed by atoms with Gasteiger partial charge in [0.2, 0.25) is 0 Å². The summed E-state index contributed by atoms with van der Waals surface area (Å²) in [4.78, 5) is 17.1. The largest absolute Gasteiger partial charge is 0.465 e. The fourth-order valence-electron chi connectivity index (χ4n) is 3.00. The lowest BCUT2D eigenvalue weighted by Gasteiger charge is -2.26. The van der Waals surface area contributed by atoms with Crippen molar-refractivity contribution in [2.24, 2.45) is 4.99 Å². The first-order valence-electron chi connectivity index (χ1n) is 7.82. The van der Waals surface area contributed by atoms with Gasteiger partial charge in [-0.1, -0.05) is 30.3 Å². The van der Waals surface area contributed by atoms with Crippen LogP contribution in [-0.4, -0.2) is 18.3 Å². The van der Waals surface area contributed by atoms with E-state index in [0.29, 0.717) is 17.0 Å². The van der Waals surface area contributed by atoms with E-state index in [1.54, 1.807) is 38.1 Å². The second-order valence-electron chi connectivity index (χ2n) is 5.90. The van der Waals surface area contributed by atoms with E-state index in [1.165, 1.54) is 6.07 Å². The van der Waals surface area contributed by atoms with Gasteiger partial charge in [-0.3, -0.25) is 9.79 Å². The van der Waals surface area contributed by atoms with Crippen LogP contribution in [0.3, 0.4) is 0 Å². The van der Waals surface area contributed by atoms with E-state index in [2.05, 4.69) is 4.99 Å². The van der Waals surface area contributed by atoms with Crippen LogP contribution in [-0.2, 0) is 21.1 Å². The molecule has 0 aliphatic carbocycles. The van der Waals surface area contributed by atoms with Crippen molar-refractivity contribution in [2.45, 2.75) is 25.4 Å². The molecule has 0 aromatic heterocycles. The van der Waals surface area contributed by atoms with Crippen LogP contribution < -0.4 is 0 Å². The molecule has 0 bridgehead atoms. The Kier molecular flexibility index (Phi) is 4.14. The third-order valence-electron chi connectivity index (χ3n) is 4.30. The zero-order valence-corrected chi connectivity index (χ0v) is 13.7. The van der Waals surface area contributed by atoms with Crippen LogP contribution in [0, 0.1) is 0 Å². The molecule has 3 rings (SSSR count). The van der Waals surface area contributed by atoms with Crippen molar-refractivity contribution in [1.82, 2.24) is 0 Å². The summed E-state index contributed by atoms with van der Waals surface area (Å²) in [6, 6.07) is 12.2. The molecular formula is C19H16F3NO2. The number of hydrogen-bond acceptors (Lipinski definition) is 3. The van der Waals surface area contributed by atoms with Crippen molar-refractivity contribution in [3.05, 3.63) is 65.2 Å². The zero-order valence-electron chi connectivity index (χ0n) is 13.7. The van der Waals surface area contributed by atoms with E-state index in [9.17, 15) is 18.0 Å². The second kappa shape index (κ2) is 6.02. The number of aliphatic imine (C=N–C) groups is 1. The molecule has 0 spiro atoms. The summed E-state index contributed by atoms with van der Waals surface area (Å²) in [7, 11) is 0. The van der Waals surface area contributed by atoms with Gasteiger partial charge in [0.25, 0.3) is 0 Å². The third kappa shape index (κ3) is 2.81. The average molecular weight is 347 g/mol. The SMILES string of the molecule is CCOC(=O)C1(C)C(c2ccccc2)=Nc2ccc(C(F)(F)F)cc21. The van der Waals surface area contributed by atoms with E-state index >= 15 is 0 Å². The third-order valence-corrected chi connectivity index (χ3v) is 4.30. The summed E-state index contributed by atoms with van der Waals surface area (Å²) in [6.07, 6.45) is -4.50. The van der Waals surface area contributed by atoms with Crippen molar-refractivity contribution >= 4 is 17.4 Å². The molecule has 0 amide bonds. The first-order chi connectivity index (χ1) is 11.8. The highest BCUT2D eigenvalue weighted by Crippen LogP contribution is 2.45. The summed E-state index contributed by atoms with van der Waals surface area (Å²) >= 11 is 0. The Morgan fingerprint density at radius 3 is 2.44 bits per heavy atom. The molecule has 0 saturated heterocycles. The summed E-state index contributed by atoms with van der Waals surface area (Å²) in [6.45, 7) is 3.34. The number of esters is 1. The summed E-state index contributed by atoms with van der Waals surface area (Å²) in [5, 5.41) is 0. The van der Waals surface area contributed by atoms with Crippen molar-refractivity contribution in [3.8, 4) is 0 Å². The van der Waals surface area contributed by atoms with Crippen molar-refractivity contribution in [2.75, 3.05) is 6.61 Å². The van der Waals surface area contributed by atoms with E-state index in [0.717, 1.165) is 12.1 Å². The Morgan fingerprint density at radius 2 is 1.84 bits per heavy atom. The summed E-state index contributed by atoms with van der Waals surface area (Å²) in [5.74, 6) is -0.615. The predicted octanol–water partition coefficient (Wildman–Crippen LogP) is 4.66. The zero-order chi connectivity index (χ0) is 18.2. The van der Waals surface area contributed by atoms with Gasteiger partial charge in [0.15, 0.2) is 0 Å². The molecule has 2 aromatic carbocycles. The lowest BCUT2D eigenvalue weighted by molar-refractivity contribution is -0.147. The van der Waals surface area contributed by atoms with Crippen LogP contribution in [0.5, 0.6) is 0 Å². The number of hydrogen-bond donors (Lipinski definition) is 0. The van der Waals surface area contributed by atoms with Crippen LogP contribution in [0.4, 0.5) is 18.9 Å². The quantitative estimate of drug-likeness (QED) is 0.758. The maximum Gasteiger partial charge on any atom is 0.416 e. The molecule has 25 heavy (non-hydrogen) atoms. The standard InChI is InChI=1S/C19H16F3NO2/c1-3-25-17(24)18(2)14-11-13(19(20,21)22)9-10-15(14)23-16(18)12-7-5-4-6-8-12/h4-11H,3H2,1-2H3. The number of carbonyl (C=O) groups excluding carboxylic acids is 1. The molecule has 1 aliphatic heterocycles. The van der Waals surface area contributed by atoms with Gasteiger partial charge in [0, 0.05) is 5.56 Å². The number of fused-ring (bicyclic) bond motifs is 1. The average Bonchev–Trinajstić information content (AvgIpc) is 2.89. The van der Waals surface area contributed by atoms with Gasteiger partial charge >= 0.3 is 12.1 Å². The lowest BCUT2D eigenvalue weighted by Crippen LogP contribution is -2.40. The molecule has 130 valence electrons. The number of nitrogens with zero attached hydrogens (tertiary/aromatic N) is 1. The Hall–Kier alpha value is -2.63.